The Morgan fingerprint density at radius 2 is 2.50 bits per heavy atom. The first kappa shape index (κ1) is 5.18. The lowest BCUT2D eigenvalue weighted by atomic mass is 10.2. The fourth-order valence-electron chi connectivity index (χ4n) is 0.458. The number of carbonyl (C=O) groups is 1. The Bertz CT molecular complexity index is 160. The maximum Gasteiger partial charge on any atom is 0.200 e. The van der Waals surface area contributed by atoms with E-state index in [1.165, 1.54) is 18.5 Å². The fraction of sp³-hybridized carbons (Fsp3) is 0.200. The monoisotopic (exact) mass is 112 g/mol. The molecule has 0 fully saturated rings. The highest BCUT2D eigenvalue weighted by atomic mass is 16.3. The van der Waals surface area contributed by atoms with Gasteiger partial charge in [0.2, 0.25) is 0 Å². The van der Waals surface area contributed by atoms with E-state index in [0.29, 0.717) is 0 Å². The molecule has 0 radical (unpaired) electrons. The average Bonchev–Trinajstić information content (AvgIpc) is 1.77. The smallest absolute Gasteiger partial charge is 0.200 e. The molecule has 0 aromatic rings. The molecule has 1 aliphatic rings. The van der Waals surface area contributed by atoms with Crippen molar-refractivity contribution in [1.29, 1.82) is 0 Å². The van der Waals surface area contributed by atoms with E-state index < -0.39 is 6.10 Å². The van der Waals surface area contributed by atoms with E-state index in [9.17, 15) is 4.79 Å². The summed E-state index contributed by atoms with van der Waals surface area (Å²) in [4.78, 5) is 13.0. The molecule has 1 aliphatic heterocycles. The molecule has 0 aromatic heterocycles. The van der Waals surface area contributed by atoms with Crippen LogP contribution in [0.4, 0.5) is 0 Å². The van der Waals surface area contributed by atoms with Crippen molar-refractivity contribution in [1.82, 2.24) is 0 Å². The summed E-state index contributed by atoms with van der Waals surface area (Å²) in [5.74, 6) is -0.274. The molecule has 2 N–H and O–H groups in total. The van der Waals surface area contributed by atoms with Crippen LogP contribution in [0.5, 0.6) is 0 Å². The van der Waals surface area contributed by atoms with Crippen LogP contribution in [-0.2, 0) is 4.79 Å². The highest BCUT2D eigenvalue weighted by Crippen LogP contribution is 1.81. The molecule has 0 amide bonds. The quantitative estimate of drug-likeness (QED) is 0.367. The number of ketones is 1. The van der Waals surface area contributed by atoms with Crippen molar-refractivity contribution in [3.05, 3.63) is 12.3 Å². The predicted molar refractivity (Wildman–Crippen MR) is 27.2 cm³/mol. The second kappa shape index (κ2) is 1.88. The molecule has 1 unspecified atom stereocenters. The van der Waals surface area contributed by atoms with Gasteiger partial charge in [0.05, 0.1) is 0 Å². The molecule has 3 heteroatoms. The van der Waals surface area contributed by atoms with Crippen LogP contribution in [0.25, 0.3) is 0 Å². The molecule has 1 rings (SSSR count). The molecule has 0 aliphatic carbocycles. The topological polar surface area (TPSA) is 51.3 Å². The summed E-state index contributed by atoms with van der Waals surface area (Å²) in [6.07, 6.45) is 3.14. The van der Waals surface area contributed by atoms with Crippen LogP contribution in [0.15, 0.2) is 12.3 Å². The lowest BCUT2D eigenvalue weighted by Gasteiger charge is -1.95. The number of rotatable bonds is 0. The summed E-state index contributed by atoms with van der Waals surface area (Å²) in [6.45, 7) is 0. The standard InChI is InChI=1S/C5H5NO2/c7-4-1-2-6-3-5(4)8/h1-3,5,8H/p+1. The fourth-order valence-corrected chi connectivity index (χ4v) is 0.458. The minimum Gasteiger partial charge on any atom is -0.375 e. The molecule has 0 aromatic carbocycles. The number of aliphatic hydroxyl groups excluding tert-OH is 1. The second-order valence-corrected chi connectivity index (χ2v) is 1.51. The second-order valence-electron chi connectivity index (χ2n) is 1.51. The van der Waals surface area contributed by atoms with Crippen molar-refractivity contribution in [2.75, 3.05) is 0 Å². The van der Waals surface area contributed by atoms with Crippen LogP contribution >= 0.6 is 0 Å². The predicted octanol–water partition coefficient (Wildman–Crippen LogP) is -2.40. The number of aliphatic hydroxyl groups is 1. The Balaban J connectivity index is 2.74. The van der Waals surface area contributed by atoms with Crippen LogP contribution < -0.4 is 4.99 Å². The van der Waals surface area contributed by atoms with E-state index in [0.717, 1.165) is 0 Å². The van der Waals surface area contributed by atoms with Gasteiger partial charge in [0, 0.05) is 6.08 Å². The van der Waals surface area contributed by atoms with Gasteiger partial charge in [0.1, 0.15) is 0 Å². The van der Waals surface area contributed by atoms with Gasteiger partial charge in [-0.3, -0.25) is 4.79 Å². The summed E-state index contributed by atoms with van der Waals surface area (Å²) in [6, 6.07) is 0. The third-order valence-electron chi connectivity index (χ3n) is 0.889. The molecule has 42 valence electrons. The van der Waals surface area contributed by atoms with Crippen molar-refractivity contribution in [3.8, 4) is 0 Å². The summed E-state index contributed by atoms with van der Waals surface area (Å²) >= 11 is 0. The highest BCUT2D eigenvalue weighted by Gasteiger charge is 2.14. The Hall–Kier alpha value is -0.960. The van der Waals surface area contributed by atoms with Crippen molar-refractivity contribution >= 4 is 12.0 Å². The van der Waals surface area contributed by atoms with Crippen molar-refractivity contribution in [2.24, 2.45) is 0 Å². The largest absolute Gasteiger partial charge is 0.375 e. The van der Waals surface area contributed by atoms with Crippen LogP contribution in [0.3, 0.4) is 0 Å². The molecule has 3 nitrogen and oxygen atoms in total. The first-order valence-electron chi connectivity index (χ1n) is 2.28. The van der Waals surface area contributed by atoms with E-state index in [1.54, 1.807) is 0 Å². The van der Waals surface area contributed by atoms with E-state index >= 15 is 0 Å². The van der Waals surface area contributed by atoms with Gasteiger partial charge in [-0.15, -0.1) is 0 Å². The van der Waals surface area contributed by atoms with Gasteiger partial charge in [-0.1, -0.05) is 0 Å². The molecule has 0 saturated carbocycles. The first-order chi connectivity index (χ1) is 3.80. The molecule has 0 spiro atoms. The third-order valence-corrected chi connectivity index (χ3v) is 0.889. The van der Waals surface area contributed by atoms with E-state index in [-0.39, 0.29) is 5.78 Å². The van der Waals surface area contributed by atoms with Crippen LogP contribution in [0, 0.1) is 0 Å². The summed E-state index contributed by atoms with van der Waals surface area (Å²) in [5, 5.41) is 8.66. The van der Waals surface area contributed by atoms with Gasteiger partial charge in [0.25, 0.3) is 0 Å². The van der Waals surface area contributed by atoms with Crippen LogP contribution in [0.1, 0.15) is 0 Å². The van der Waals surface area contributed by atoms with Gasteiger partial charge < -0.3 is 5.11 Å². The summed E-state index contributed by atoms with van der Waals surface area (Å²) < 4.78 is 0. The van der Waals surface area contributed by atoms with Crippen LogP contribution in [-0.4, -0.2) is 23.2 Å². The zero-order chi connectivity index (χ0) is 5.98. The normalized spacial score (nSPS) is 26.6. The average molecular weight is 112 g/mol. The molecular formula is C5H6NO2+. The number of nitrogens with one attached hydrogen (secondary N) is 1. The number of carbonyl (C=O) groups excluding carboxylic acids is 1. The molecule has 1 heterocycles. The van der Waals surface area contributed by atoms with Crippen LogP contribution in [0.2, 0.25) is 0 Å². The molecule has 1 atom stereocenters. The van der Waals surface area contributed by atoms with Gasteiger partial charge in [-0.25, -0.2) is 4.99 Å². The van der Waals surface area contributed by atoms with Crippen molar-refractivity contribution in [2.45, 2.75) is 6.10 Å². The Kier molecular flexibility index (Phi) is 1.22. The summed E-state index contributed by atoms with van der Waals surface area (Å²) in [7, 11) is 0. The molecule has 0 saturated heterocycles. The lowest BCUT2D eigenvalue weighted by molar-refractivity contribution is -0.371. The third kappa shape index (κ3) is 0.816. The van der Waals surface area contributed by atoms with E-state index in [1.807, 2.05) is 0 Å². The van der Waals surface area contributed by atoms with Crippen molar-refractivity contribution in [3.63, 3.8) is 0 Å². The zero-order valence-corrected chi connectivity index (χ0v) is 4.16. The first-order valence-corrected chi connectivity index (χ1v) is 2.28. The summed E-state index contributed by atoms with van der Waals surface area (Å²) in [5.41, 5.74) is 0. The minimum absolute atomic E-state index is 0.274. The highest BCUT2D eigenvalue weighted by molar-refractivity contribution is 6.03. The maximum absolute atomic E-state index is 10.4. The lowest BCUT2D eigenvalue weighted by Crippen LogP contribution is -2.66. The Labute approximate surface area is 46.4 Å². The Morgan fingerprint density at radius 3 is 2.88 bits per heavy atom. The van der Waals surface area contributed by atoms with Gasteiger partial charge in [-0.05, 0) is 0 Å². The maximum atomic E-state index is 10.4. The van der Waals surface area contributed by atoms with E-state index in [4.69, 9.17) is 5.11 Å². The van der Waals surface area contributed by atoms with Crippen molar-refractivity contribution < 1.29 is 14.9 Å². The SMILES string of the molecule is O=C1C=C[NH+]=CC1O. The Morgan fingerprint density at radius 1 is 1.75 bits per heavy atom. The molecule has 8 heavy (non-hydrogen) atoms. The minimum atomic E-state index is -0.958. The number of hydrogen-bond acceptors (Lipinski definition) is 2. The molecular weight excluding hydrogens is 106 g/mol. The van der Waals surface area contributed by atoms with E-state index in [2.05, 4.69) is 4.99 Å². The molecule has 0 bridgehead atoms. The van der Waals surface area contributed by atoms with Gasteiger partial charge in [-0.2, -0.15) is 0 Å². The zero-order valence-electron chi connectivity index (χ0n) is 4.16. The van der Waals surface area contributed by atoms with Gasteiger partial charge >= 0.3 is 0 Å². The number of hydrogen-bond donors (Lipinski definition) is 2. The van der Waals surface area contributed by atoms with Gasteiger partial charge in [0.15, 0.2) is 24.3 Å².